The number of carbonyl (C=O) groups is 1. The third kappa shape index (κ3) is 2.43. The molecule has 16 heavy (non-hydrogen) atoms. The molecule has 1 N–H and O–H groups in total. The molecule has 0 amide bonds. The molecular formula is C11H10N2O2S. The Hall–Kier alpha value is -1.75. The number of aliphatic carboxylic acids is 1. The number of pyridine rings is 1. The van der Waals surface area contributed by atoms with Crippen LogP contribution >= 0.6 is 11.3 Å². The Kier molecular flexibility index (Phi) is 2.96. The minimum atomic E-state index is -0.867. The SMILES string of the molecule is Cc1ccnc(-c2nc(CC(=O)O)cs2)c1. The molecule has 0 bridgehead atoms. The van der Waals surface area contributed by atoms with E-state index in [1.807, 2.05) is 19.1 Å². The number of nitrogens with zero attached hydrogens (tertiary/aromatic N) is 2. The molecule has 0 aliphatic carbocycles. The van der Waals surface area contributed by atoms with E-state index in [-0.39, 0.29) is 6.42 Å². The second kappa shape index (κ2) is 4.40. The molecule has 0 fully saturated rings. The summed E-state index contributed by atoms with van der Waals surface area (Å²) in [5.41, 5.74) is 2.48. The maximum atomic E-state index is 10.5. The van der Waals surface area contributed by atoms with Crippen molar-refractivity contribution < 1.29 is 9.90 Å². The van der Waals surface area contributed by atoms with Crippen molar-refractivity contribution in [3.63, 3.8) is 0 Å². The summed E-state index contributed by atoms with van der Waals surface area (Å²) in [5, 5.41) is 11.2. The van der Waals surface area contributed by atoms with Crippen LogP contribution in [0.15, 0.2) is 23.7 Å². The summed E-state index contributed by atoms with van der Waals surface area (Å²) in [6.45, 7) is 1.98. The van der Waals surface area contributed by atoms with Crippen LogP contribution in [0.5, 0.6) is 0 Å². The van der Waals surface area contributed by atoms with Gasteiger partial charge >= 0.3 is 5.97 Å². The van der Waals surface area contributed by atoms with E-state index in [1.54, 1.807) is 11.6 Å². The third-order valence-corrected chi connectivity index (χ3v) is 2.93. The van der Waals surface area contributed by atoms with Crippen LogP contribution in [0.2, 0.25) is 0 Å². The third-order valence-electron chi connectivity index (χ3n) is 2.02. The van der Waals surface area contributed by atoms with Gasteiger partial charge in [-0.2, -0.15) is 0 Å². The predicted octanol–water partition coefficient (Wildman–Crippen LogP) is 2.14. The van der Waals surface area contributed by atoms with Crippen molar-refractivity contribution in [1.82, 2.24) is 9.97 Å². The fraction of sp³-hybridized carbons (Fsp3) is 0.182. The molecule has 0 saturated carbocycles. The molecule has 0 saturated heterocycles. The zero-order valence-electron chi connectivity index (χ0n) is 8.67. The van der Waals surface area contributed by atoms with Gasteiger partial charge in [0.15, 0.2) is 0 Å². The summed E-state index contributed by atoms with van der Waals surface area (Å²) in [6, 6.07) is 3.85. The summed E-state index contributed by atoms with van der Waals surface area (Å²) in [7, 11) is 0. The number of carboxylic acids is 1. The number of aryl methyl sites for hydroxylation is 1. The average Bonchev–Trinajstić information content (AvgIpc) is 2.65. The molecule has 0 aliphatic heterocycles. The Bertz CT molecular complexity index is 522. The summed E-state index contributed by atoms with van der Waals surface area (Å²) in [6.07, 6.45) is 1.69. The van der Waals surface area contributed by atoms with Crippen LogP contribution in [0.3, 0.4) is 0 Å². The fourth-order valence-corrected chi connectivity index (χ4v) is 2.10. The van der Waals surface area contributed by atoms with Gasteiger partial charge in [0.1, 0.15) is 5.01 Å². The van der Waals surface area contributed by atoms with E-state index in [2.05, 4.69) is 9.97 Å². The monoisotopic (exact) mass is 234 g/mol. The van der Waals surface area contributed by atoms with Crippen molar-refractivity contribution in [2.24, 2.45) is 0 Å². The van der Waals surface area contributed by atoms with Crippen molar-refractivity contribution in [3.8, 4) is 10.7 Å². The highest BCUT2D eigenvalue weighted by Gasteiger charge is 2.08. The molecule has 0 radical (unpaired) electrons. The van der Waals surface area contributed by atoms with E-state index in [4.69, 9.17) is 5.11 Å². The first-order valence-electron chi connectivity index (χ1n) is 4.74. The van der Waals surface area contributed by atoms with Crippen molar-refractivity contribution in [2.45, 2.75) is 13.3 Å². The second-order valence-corrected chi connectivity index (χ2v) is 4.29. The fourth-order valence-electron chi connectivity index (χ4n) is 1.31. The van der Waals surface area contributed by atoms with Crippen molar-refractivity contribution in [1.29, 1.82) is 0 Å². The zero-order valence-corrected chi connectivity index (χ0v) is 9.49. The summed E-state index contributed by atoms with van der Waals surface area (Å²) < 4.78 is 0. The van der Waals surface area contributed by atoms with E-state index >= 15 is 0 Å². The number of thiazole rings is 1. The van der Waals surface area contributed by atoms with Crippen molar-refractivity contribution in [3.05, 3.63) is 35.0 Å². The summed E-state index contributed by atoms with van der Waals surface area (Å²) in [4.78, 5) is 19.0. The van der Waals surface area contributed by atoms with E-state index in [1.165, 1.54) is 11.3 Å². The maximum absolute atomic E-state index is 10.5. The molecule has 0 spiro atoms. The lowest BCUT2D eigenvalue weighted by atomic mass is 10.2. The van der Waals surface area contributed by atoms with Gasteiger partial charge in [0, 0.05) is 11.6 Å². The molecule has 82 valence electrons. The first-order valence-corrected chi connectivity index (χ1v) is 5.62. The molecule has 0 unspecified atom stereocenters. The lowest BCUT2D eigenvalue weighted by molar-refractivity contribution is -0.136. The van der Waals surface area contributed by atoms with Gasteiger partial charge in [-0.05, 0) is 24.6 Å². The van der Waals surface area contributed by atoms with Gasteiger partial charge in [0.05, 0.1) is 17.8 Å². The number of carboxylic acid groups (broad SMARTS) is 1. The first kappa shape index (κ1) is 10.8. The molecule has 2 rings (SSSR count). The van der Waals surface area contributed by atoms with Gasteiger partial charge in [-0.1, -0.05) is 0 Å². The number of hydrogen-bond acceptors (Lipinski definition) is 4. The molecular weight excluding hydrogens is 224 g/mol. The molecule has 4 nitrogen and oxygen atoms in total. The Balaban J connectivity index is 2.28. The average molecular weight is 234 g/mol. The van der Waals surface area contributed by atoms with Crippen LogP contribution in [-0.2, 0) is 11.2 Å². The Morgan fingerprint density at radius 3 is 3.06 bits per heavy atom. The van der Waals surface area contributed by atoms with Crippen molar-refractivity contribution >= 4 is 17.3 Å². The smallest absolute Gasteiger partial charge is 0.309 e. The van der Waals surface area contributed by atoms with Gasteiger partial charge in [-0.25, -0.2) is 4.98 Å². The van der Waals surface area contributed by atoms with Gasteiger partial charge in [-0.15, -0.1) is 11.3 Å². The minimum Gasteiger partial charge on any atom is -0.481 e. The molecule has 2 aromatic heterocycles. The standard InChI is InChI=1S/C11H10N2O2S/c1-7-2-3-12-9(4-7)11-13-8(6-16-11)5-10(14)15/h2-4,6H,5H2,1H3,(H,14,15). The zero-order chi connectivity index (χ0) is 11.5. The van der Waals surface area contributed by atoms with Crippen molar-refractivity contribution in [2.75, 3.05) is 0 Å². The minimum absolute atomic E-state index is 0.0394. The molecule has 0 aliphatic rings. The highest BCUT2D eigenvalue weighted by molar-refractivity contribution is 7.13. The lowest BCUT2D eigenvalue weighted by Crippen LogP contribution is -1.99. The van der Waals surface area contributed by atoms with E-state index in [9.17, 15) is 4.79 Å². The Morgan fingerprint density at radius 2 is 2.38 bits per heavy atom. The largest absolute Gasteiger partial charge is 0.481 e. The van der Waals surface area contributed by atoms with Gasteiger partial charge < -0.3 is 5.11 Å². The molecule has 0 atom stereocenters. The van der Waals surface area contributed by atoms with Crippen LogP contribution < -0.4 is 0 Å². The number of aromatic nitrogens is 2. The number of hydrogen-bond donors (Lipinski definition) is 1. The predicted molar refractivity (Wildman–Crippen MR) is 61.4 cm³/mol. The van der Waals surface area contributed by atoms with Crippen LogP contribution in [0.4, 0.5) is 0 Å². The molecule has 0 aromatic carbocycles. The Morgan fingerprint density at radius 1 is 1.56 bits per heavy atom. The lowest BCUT2D eigenvalue weighted by Gasteiger charge is -1.96. The van der Waals surface area contributed by atoms with Crippen LogP contribution in [0, 0.1) is 6.92 Å². The highest BCUT2D eigenvalue weighted by atomic mass is 32.1. The van der Waals surface area contributed by atoms with Crippen LogP contribution in [0.1, 0.15) is 11.3 Å². The van der Waals surface area contributed by atoms with Crippen LogP contribution in [0.25, 0.3) is 10.7 Å². The second-order valence-electron chi connectivity index (χ2n) is 3.43. The summed E-state index contributed by atoms with van der Waals surface area (Å²) >= 11 is 1.42. The molecule has 2 aromatic rings. The molecule has 5 heteroatoms. The van der Waals surface area contributed by atoms with Gasteiger partial charge in [0.2, 0.25) is 0 Å². The van der Waals surface area contributed by atoms with E-state index in [0.29, 0.717) is 5.69 Å². The topological polar surface area (TPSA) is 63.1 Å². The normalized spacial score (nSPS) is 10.3. The quantitative estimate of drug-likeness (QED) is 0.883. The van der Waals surface area contributed by atoms with Gasteiger partial charge in [-0.3, -0.25) is 9.78 Å². The van der Waals surface area contributed by atoms with E-state index < -0.39 is 5.97 Å². The number of rotatable bonds is 3. The highest BCUT2D eigenvalue weighted by Crippen LogP contribution is 2.22. The van der Waals surface area contributed by atoms with E-state index in [0.717, 1.165) is 16.3 Å². The molecule has 2 heterocycles. The Labute approximate surface area is 96.6 Å². The maximum Gasteiger partial charge on any atom is 0.309 e. The summed E-state index contributed by atoms with van der Waals surface area (Å²) in [5.74, 6) is -0.867. The van der Waals surface area contributed by atoms with Crippen LogP contribution in [-0.4, -0.2) is 21.0 Å². The first-order chi connectivity index (χ1) is 7.65. The van der Waals surface area contributed by atoms with Gasteiger partial charge in [0.25, 0.3) is 0 Å².